The Morgan fingerprint density at radius 3 is 2.73 bits per heavy atom. The van der Waals surface area contributed by atoms with Gasteiger partial charge in [0.1, 0.15) is 5.75 Å². The van der Waals surface area contributed by atoms with E-state index < -0.39 is 5.54 Å². The van der Waals surface area contributed by atoms with Crippen molar-refractivity contribution in [2.45, 2.75) is 51.0 Å². The van der Waals surface area contributed by atoms with Gasteiger partial charge in [0.2, 0.25) is 11.8 Å². The minimum Gasteiger partial charge on any atom is -0.495 e. The molecule has 2 fully saturated rings. The molecule has 1 saturated heterocycles. The molecule has 2 amide bonds. The molecule has 2 unspecified atom stereocenters. The predicted molar refractivity (Wildman–Crippen MR) is 105 cm³/mol. The van der Waals surface area contributed by atoms with Gasteiger partial charge in [0.25, 0.3) is 0 Å². The summed E-state index contributed by atoms with van der Waals surface area (Å²) in [5.74, 6) is 0.479. The van der Waals surface area contributed by atoms with E-state index >= 15 is 0 Å². The van der Waals surface area contributed by atoms with Crippen molar-refractivity contribution in [2.24, 2.45) is 11.7 Å². The van der Waals surface area contributed by atoms with Crippen LogP contribution in [0, 0.1) is 5.92 Å². The summed E-state index contributed by atoms with van der Waals surface area (Å²) in [7, 11) is 1.58. The van der Waals surface area contributed by atoms with Crippen LogP contribution < -0.4 is 20.7 Å². The first-order chi connectivity index (χ1) is 11.9. The zero-order valence-electron chi connectivity index (χ0n) is 15.4. The molecule has 1 aliphatic carbocycles. The largest absolute Gasteiger partial charge is 0.495 e. The molecule has 0 bridgehead atoms. The van der Waals surface area contributed by atoms with Gasteiger partial charge in [-0.2, -0.15) is 0 Å². The van der Waals surface area contributed by atoms with E-state index in [1.54, 1.807) is 24.1 Å². The first kappa shape index (κ1) is 20.5. The quantitative estimate of drug-likeness (QED) is 0.839. The molecule has 0 aromatic heterocycles. The number of carbonyl (C=O) groups excluding carboxylic acids is 2. The lowest BCUT2D eigenvalue weighted by atomic mass is 9.74. The highest BCUT2D eigenvalue weighted by atomic mass is 35.5. The molecule has 0 radical (unpaired) electrons. The van der Waals surface area contributed by atoms with Crippen molar-refractivity contribution in [3.63, 3.8) is 0 Å². The maximum atomic E-state index is 12.7. The Hall–Kier alpha value is -1.79. The molecule has 26 heavy (non-hydrogen) atoms. The molecule has 2 aliphatic rings. The number of ether oxygens (including phenoxy) is 1. The molecule has 0 spiro atoms. The summed E-state index contributed by atoms with van der Waals surface area (Å²) in [5, 5.41) is 2.98. The van der Waals surface area contributed by atoms with Crippen molar-refractivity contribution in [2.75, 3.05) is 23.9 Å². The van der Waals surface area contributed by atoms with Gasteiger partial charge in [0.05, 0.1) is 18.7 Å². The van der Waals surface area contributed by atoms with Crippen molar-refractivity contribution in [3.8, 4) is 5.75 Å². The van der Waals surface area contributed by atoms with Crippen LogP contribution in [0.3, 0.4) is 0 Å². The average Bonchev–Trinajstić information content (AvgIpc) is 3.00. The first-order valence-electron chi connectivity index (χ1n) is 9.00. The molecule has 6 nitrogen and oxygen atoms in total. The van der Waals surface area contributed by atoms with Crippen LogP contribution in [0.1, 0.15) is 45.4 Å². The Morgan fingerprint density at radius 2 is 2.12 bits per heavy atom. The van der Waals surface area contributed by atoms with Gasteiger partial charge in [-0.1, -0.05) is 12.8 Å². The summed E-state index contributed by atoms with van der Waals surface area (Å²) in [5.41, 5.74) is 7.25. The summed E-state index contributed by atoms with van der Waals surface area (Å²) in [6, 6.07) is 5.41. The second-order valence-electron chi connectivity index (χ2n) is 7.33. The van der Waals surface area contributed by atoms with Gasteiger partial charge in [0.15, 0.2) is 0 Å². The number of hydrogen-bond acceptors (Lipinski definition) is 4. The number of rotatable bonds is 4. The predicted octanol–water partition coefficient (Wildman–Crippen LogP) is 3.09. The maximum Gasteiger partial charge on any atom is 0.229 e. The van der Waals surface area contributed by atoms with E-state index in [0.29, 0.717) is 30.1 Å². The van der Waals surface area contributed by atoms with Crippen LogP contribution in [-0.4, -0.2) is 31.0 Å². The molecule has 3 N–H and O–H groups in total. The Bertz CT molecular complexity index is 678. The van der Waals surface area contributed by atoms with Crippen molar-refractivity contribution in [3.05, 3.63) is 18.2 Å². The van der Waals surface area contributed by atoms with Crippen LogP contribution in [0.25, 0.3) is 0 Å². The van der Waals surface area contributed by atoms with E-state index in [9.17, 15) is 9.59 Å². The Kier molecular flexibility index (Phi) is 6.53. The Morgan fingerprint density at radius 1 is 1.35 bits per heavy atom. The van der Waals surface area contributed by atoms with Crippen LogP contribution in [0.15, 0.2) is 18.2 Å². The fourth-order valence-corrected chi connectivity index (χ4v) is 3.90. The van der Waals surface area contributed by atoms with Crippen LogP contribution in [0.2, 0.25) is 0 Å². The summed E-state index contributed by atoms with van der Waals surface area (Å²) in [6.45, 7) is 2.63. The number of methoxy groups -OCH3 is 1. The lowest BCUT2D eigenvalue weighted by Gasteiger charge is -2.37. The number of nitrogens with one attached hydrogen (secondary N) is 1. The van der Waals surface area contributed by atoms with Crippen molar-refractivity contribution in [1.82, 2.24) is 0 Å². The van der Waals surface area contributed by atoms with E-state index in [4.69, 9.17) is 10.5 Å². The summed E-state index contributed by atoms with van der Waals surface area (Å²) in [4.78, 5) is 26.5. The molecule has 3 rings (SSSR count). The molecule has 144 valence electrons. The van der Waals surface area contributed by atoms with Crippen LogP contribution in [0.5, 0.6) is 5.75 Å². The number of anilines is 2. The van der Waals surface area contributed by atoms with Crippen LogP contribution in [0.4, 0.5) is 11.4 Å². The second kappa shape index (κ2) is 8.27. The van der Waals surface area contributed by atoms with E-state index in [1.807, 2.05) is 13.0 Å². The third kappa shape index (κ3) is 4.13. The normalized spacial score (nSPS) is 25.6. The molecule has 7 heteroatoms. The third-order valence-electron chi connectivity index (χ3n) is 5.38. The fourth-order valence-electron chi connectivity index (χ4n) is 3.90. The highest BCUT2D eigenvalue weighted by Crippen LogP contribution is 2.36. The third-order valence-corrected chi connectivity index (χ3v) is 5.38. The van der Waals surface area contributed by atoms with E-state index in [-0.39, 0.29) is 30.1 Å². The minimum absolute atomic E-state index is 0. The number of carbonyl (C=O) groups is 2. The van der Waals surface area contributed by atoms with E-state index in [0.717, 1.165) is 32.1 Å². The van der Waals surface area contributed by atoms with E-state index in [2.05, 4.69) is 5.32 Å². The number of amides is 2. The molecule has 1 aromatic rings. The zero-order valence-corrected chi connectivity index (χ0v) is 16.2. The monoisotopic (exact) mass is 381 g/mol. The minimum atomic E-state index is -0.470. The van der Waals surface area contributed by atoms with Gasteiger partial charge >= 0.3 is 0 Å². The lowest BCUT2D eigenvalue weighted by Crippen LogP contribution is -2.51. The first-order valence-corrected chi connectivity index (χ1v) is 9.00. The second-order valence-corrected chi connectivity index (χ2v) is 7.33. The molecule has 1 saturated carbocycles. The van der Waals surface area contributed by atoms with Gasteiger partial charge in [-0.15, -0.1) is 12.4 Å². The van der Waals surface area contributed by atoms with Gasteiger partial charge in [0, 0.05) is 24.2 Å². The average molecular weight is 382 g/mol. The smallest absolute Gasteiger partial charge is 0.229 e. The number of nitrogens with zero attached hydrogens (tertiary/aromatic N) is 1. The summed E-state index contributed by atoms with van der Waals surface area (Å²) >= 11 is 0. The van der Waals surface area contributed by atoms with Crippen molar-refractivity contribution < 1.29 is 14.3 Å². The van der Waals surface area contributed by atoms with Gasteiger partial charge in [-0.3, -0.25) is 9.59 Å². The standard InChI is InChI=1S/C19H27N3O3.ClH/c1-19(20)10-4-3-6-14(19)18(24)21-13-8-9-16(25-2)15(12-13)22-11-5-7-17(22)23;/h8-9,12,14H,3-7,10-11,20H2,1-2H3,(H,21,24);1H. The number of benzene rings is 1. The maximum absolute atomic E-state index is 12.7. The topological polar surface area (TPSA) is 84.7 Å². The SMILES string of the molecule is COc1ccc(NC(=O)C2CCCCC2(C)N)cc1N1CCCC1=O.Cl. The molecular weight excluding hydrogens is 354 g/mol. The summed E-state index contributed by atoms with van der Waals surface area (Å²) in [6.07, 6.45) is 5.16. The zero-order chi connectivity index (χ0) is 18.0. The number of nitrogens with two attached hydrogens (primary N) is 1. The molecule has 1 aliphatic heterocycles. The number of halogens is 1. The van der Waals surface area contributed by atoms with Crippen molar-refractivity contribution in [1.29, 1.82) is 0 Å². The highest BCUT2D eigenvalue weighted by Gasteiger charge is 2.37. The lowest BCUT2D eigenvalue weighted by molar-refractivity contribution is -0.122. The summed E-state index contributed by atoms with van der Waals surface area (Å²) < 4.78 is 5.39. The van der Waals surface area contributed by atoms with Gasteiger partial charge < -0.3 is 20.7 Å². The van der Waals surface area contributed by atoms with Gasteiger partial charge in [-0.05, 0) is 44.4 Å². The van der Waals surface area contributed by atoms with Crippen molar-refractivity contribution >= 4 is 35.6 Å². The van der Waals surface area contributed by atoms with Gasteiger partial charge in [-0.25, -0.2) is 0 Å². The highest BCUT2D eigenvalue weighted by molar-refractivity contribution is 5.99. The van der Waals surface area contributed by atoms with Crippen LogP contribution >= 0.6 is 12.4 Å². The van der Waals surface area contributed by atoms with E-state index in [1.165, 1.54) is 0 Å². The molecule has 1 heterocycles. The van der Waals surface area contributed by atoms with Crippen LogP contribution in [-0.2, 0) is 9.59 Å². The molecular formula is C19H28ClN3O3. The Balaban J connectivity index is 0.00000243. The molecule has 2 atom stereocenters. The Labute approximate surface area is 160 Å². The molecule has 1 aromatic carbocycles. The number of hydrogen-bond donors (Lipinski definition) is 2. The fraction of sp³-hybridized carbons (Fsp3) is 0.579.